The number of aryl methyl sites for hydroxylation is 3. The fourth-order valence-corrected chi connectivity index (χ4v) is 2.36. The summed E-state index contributed by atoms with van der Waals surface area (Å²) in [5.74, 6) is 0.555. The number of tetrazole rings is 1. The highest BCUT2D eigenvalue weighted by molar-refractivity contribution is 6.05. The third kappa shape index (κ3) is 3.11. The molecule has 3 rings (SSSR count). The third-order valence-electron chi connectivity index (χ3n) is 3.61. The molecule has 0 radical (unpaired) electrons. The number of amides is 1. The summed E-state index contributed by atoms with van der Waals surface area (Å²) < 4.78 is 1.62. The molecule has 2 aromatic carbocycles. The maximum atomic E-state index is 12.5. The smallest absolute Gasteiger partial charge is 0.255 e. The van der Waals surface area contributed by atoms with E-state index < -0.39 is 0 Å². The second-order valence-corrected chi connectivity index (χ2v) is 5.46. The van der Waals surface area contributed by atoms with E-state index in [9.17, 15) is 4.79 Å². The number of carbonyl (C=O) groups is 1. The zero-order chi connectivity index (χ0) is 16.4. The van der Waals surface area contributed by atoms with Crippen LogP contribution in [0.3, 0.4) is 0 Å². The van der Waals surface area contributed by atoms with E-state index in [2.05, 4.69) is 20.8 Å². The maximum absolute atomic E-state index is 12.5. The van der Waals surface area contributed by atoms with Crippen LogP contribution < -0.4 is 5.32 Å². The van der Waals surface area contributed by atoms with Crippen molar-refractivity contribution < 1.29 is 4.79 Å². The molecule has 3 aromatic rings. The first-order valence-electron chi connectivity index (χ1n) is 7.28. The van der Waals surface area contributed by atoms with E-state index in [1.807, 2.05) is 63.2 Å². The molecule has 6 heteroatoms. The van der Waals surface area contributed by atoms with Crippen molar-refractivity contribution in [3.8, 4) is 5.69 Å². The minimum absolute atomic E-state index is 0.128. The monoisotopic (exact) mass is 307 g/mol. The quantitative estimate of drug-likeness (QED) is 0.807. The molecule has 0 bridgehead atoms. The van der Waals surface area contributed by atoms with Crippen molar-refractivity contribution in [3.63, 3.8) is 0 Å². The number of hydrogen-bond acceptors (Lipinski definition) is 4. The van der Waals surface area contributed by atoms with E-state index in [-0.39, 0.29) is 5.91 Å². The topological polar surface area (TPSA) is 72.7 Å². The van der Waals surface area contributed by atoms with Crippen molar-refractivity contribution in [3.05, 3.63) is 65.0 Å². The molecule has 1 N–H and O–H groups in total. The minimum atomic E-state index is -0.128. The Bertz CT molecular complexity index is 869. The fourth-order valence-electron chi connectivity index (χ4n) is 2.36. The van der Waals surface area contributed by atoms with E-state index in [1.165, 1.54) is 0 Å². The Balaban J connectivity index is 1.87. The Morgan fingerprint density at radius 2 is 1.91 bits per heavy atom. The number of aromatic nitrogens is 4. The van der Waals surface area contributed by atoms with Gasteiger partial charge in [0.2, 0.25) is 0 Å². The molecule has 116 valence electrons. The SMILES string of the molecule is Cc1ccc(C)c(C(=O)Nc2cccc(-n3nnnc3C)c2)c1. The Kier molecular flexibility index (Phi) is 3.89. The summed E-state index contributed by atoms with van der Waals surface area (Å²) in [6.45, 7) is 5.72. The molecule has 0 aliphatic heterocycles. The van der Waals surface area contributed by atoms with Crippen LogP contribution in [-0.4, -0.2) is 26.1 Å². The van der Waals surface area contributed by atoms with Crippen LogP contribution in [0.5, 0.6) is 0 Å². The molecule has 0 atom stereocenters. The first-order valence-corrected chi connectivity index (χ1v) is 7.28. The number of anilines is 1. The highest BCUT2D eigenvalue weighted by Gasteiger charge is 2.11. The maximum Gasteiger partial charge on any atom is 0.255 e. The van der Waals surface area contributed by atoms with Gasteiger partial charge in [0.05, 0.1) is 5.69 Å². The minimum Gasteiger partial charge on any atom is -0.322 e. The van der Waals surface area contributed by atoms with Crippen molar-refractivity contribution in [2.24, 2.45) is 0 Å². The highest BCUT2D eigenvalue weighted by atomic mass is 16.1. The number of rotatable bonds is 3. The van der Waals surface area contributed by atoms with E-state index in [1.54, 1.807) is 4.68 Å². The zero-order valence-electron chi connectivity index (χ0n) is 13.2. The van der Waals surface area contributed by atoms with Gasteiger partial charge in [-0.1, -0.05) is 23.8 Å². The molecule has 0 fully saturated rings. The lowest BCUT2D eigenvalue weighted by Crippen LogP contribution is -2.14. The summed E-state index contributed by atoms with van der Waals surface area (Å²) in [7, 11) is 0. The summed E-state index contributed by atoms with van der Waals surface area (Å²) in [4.78, 5) is 12.5. The predicted octanol–water partition coefficient (Wildman–Crippen LogP) is 2.84. The Labute approximate surface area is 134 Å². The van der Waals surface area contributed by atoms with Crippen LogP contribution >= 0.6 is 0 Å². The summed E-state index contributed by atoms with van der Waals surface area (Å²) in [5.41, 5.74) is 4.17. The van der Waals surface area contributed by atoms with Gasteiger partial charge in [0, 0.05) is 11.3 Å². The summed E-state index contributed by atoms with van der Waals surface area (Å²) >= 11 is 0. The van der Waals surface area contributed by atoms with Gasteiger partial charge in [-0.3, -0.25) is 4.79 Å². The molecule has 6 nitrogen and oxygen atoms in total. The molecule has 0 unspecified atom stereocenters. The molecule has 23 heavy (non-hydrogen) atoms. The van der Waals surface area contributed by atoms with Crippen LogP contribution in [0.2, 0.25) is 0 Å². The van der Waals surface area contributed by atoms with Gasteiger partial charge in [0.15, 0.2) is 5.82 Å². The molecule has 1 amide bonds. The lowest BCUT2D eigenvalue weighted by atomic mass is 10.0. The van der Waals surface area contributed by atoms with Gasteiger partial charge in [-0.2, -0.15) is 4.68 Å². The third-order valence-corrected chi connectivity index (χ3v) is 3.61. The number of nitrogens with one attached hydrogen (secondary N) is 1. The molecule has 0 aliphatic rings. The van der Waals surface area contributed by atoms with Gasteiger partial charge in [-0.15, -0.1) is 5.10 Å². The van der Waals surface area contributed by atoms with E-state index in [4.69, 9.17) is 0 Å². The van der Waals surface area contributed by atoms with Crippen LogP contribution in [-0.2, 0) is 0 Å². The predicted molar refractivity (Wildman–Crippen MR) is 87.8 cm³/mol. The molecule has 0 saturated heterocycles. The first kappa shape index (κ1) is 14.9. The van der Waals surface area contributed by atoms with Gasteiger partial charge in [-0.25, -0.2) is 0 Å². The van der Waals surface area contributed by atoms with E-state index >= 15 is 0 Å². The molecule has 0 aliphatic carbocycles. The molecule has 0 saturated carbocycles. The zero-order valence-corrected chi connectivity index (χ0v) is 13.2. The van der Waals surface area contributed by atoms with Gasteiger partial charge in [0.1, 0.15) is 0 Å². The highest BCUT2D eigenvalue weighted by Crippen LogP contribution is 2.17. The average Bonchev–Trinajstić information content (AvgIpc) is 2.96. The standard InChI is InChI=1S/C17H17N5O/c1-11-7-8-12(2)16(9-11)17(23)18-14-5-4-6-15(10-14)22-13(3)19-20-21-22/h4-10H,1-3H3,(H,18,23). The molecule has 1 aromatic heterocycles. The van der Waals surface area contributed by atoms with E-state index in [0.717, 1.165) is 16.8 Å². The largest absolute Gasteiger partial charge is 0.322 e. The second kappa shape index (κ2) is 6.00. The summed E-state index contributed by atoms with van der Waals surface area (Å²) in [6, 6.07) is 13.3. The summed E-state index contributed by atoms with van der Waals surface area (Å²) in [6.07, 6.45) is 0. The van der Waals surface area contributed by atoms with E-state index in [0.29, 0.717) is 17.1 Å². The fraction of sp³-hybridized carbons (Fsp3) is 0.176. The number of carbonyl (C=O) groups excluding carboxylic acids is 1. The molecular weight excluding hydrogens is 290 g/mol. The van der Waals surface area contributed by atoms with Gasteiger partial charge in [-0.05, 0) is 61.0 Å². The van der Waals surface area contributed by atoms with Gasteiger partial charge in [0.25, 0.3) is 5.91 Å². The number of benzene rings is 2. The van der Waals surface area contributed by atoms with Crippen LogP contribution in [0.4, 0.5) is 5.69 Å². The lowest BCUT2D eigenvalue weighted by Gasteiger charge is -2.10. The van der Waals surface area contributed by atoms with Crippen molar-refractivity contribution in [1.29, 1.82) is 0 Å². The van der Waals surface area contributed by atoms with Crippen LogP contribution in [0.25, 0.3) is 5.69 Å². The van der Waals surface area contributed by atoms with Crippen molar-refractivity contribution in [2.75, 3.05) is 5.32 Å². The Hall–Kier alpha value is -3.02. The average molecular weight is 307 g/mol. The van der Waals surface area contributed by atoms with Crippen molar-refractivity contribution in [2.45, 2.75) is 20.8 Å². The number of hydrogen-bond donors (Lipinski definition) is 1. The van der Waals surface area contributed by atoms with Crippen LogP contribution in [0, 0.1) is 20.8 Å². The second-order valence-electron chi connectivity index (χ2n) is 5.46. The first-order chi connectivity index (χ1) is 11.0. The van der Waals surface area contributed by atoms with Gasteiger partial charge < -0.3 is 5.32 Å². The summed E-state index contributed by atoms with van der Waals surface area (Å²) in [5, 5.41) is 14.4. The lowest BCUT2D eigenvalue weighted by molar-refractivity contribution is 0.102. The van der Waals surface area contributed by atoms with Crippen LogP contribution in [0.1, 0.15) is 27.3 Å². The van der Waals surface area contributed by atoms with Crippen molar-refractivity contribution in [1.82, 2.24) is 20.2 Å². The Morgan fingerprint density at radius 1 is 1.09 bits per heavy atom. The normalized spacial score (nSPS) is 10.6. The molecular formula is C17H17N5O. The molecule has 1 heterocycles. The molecule has 0 spiro atoms. The van der Waals surface area contributed by atoms with Crippen molar-refractivity contribution >= 4 is 11.6 Å². The van der Waals surface area contributed by atoms with Gasteiger partial charge >= 0.3 is 0 Å². The van der Waals surface area contributed by atoms with Crippen LogP contribution in [0.15, 0.2) is 42.5 Å². The number of nitrogens with zero attached hydrogens (tertiary/aromatic N) is 4. The Morgan fingerprint density at radius 3 is 2.65 bits per heavy atom.